The average molecular weight is 599 g/mol. The molecule has 5 rings (SSSR count). The topological polar surface area (TPSA) is 24.7 Å². The smallest absolute Gasteiger partial charge is 0.0629 e. The molecule has 2 aliphatic rings. The van der Waals surface area contributed by atoms with Crippen LogP contribution in [0.3, 0.4) is 0 Å². The van der Waals surface area contributed by atoms with Crippen molar-refractivity contribution in [2.45, 2.75) is 115 Å². The highest BCUT2D eigenvalue weighted by atomic mass is 14.7. The van der Waals surface area contributed by atoms with E-state index in [1.54, 1.807) is 5.56 Å². The lowest BCUT2D eigenvalue weighted by atomic mass is 9.65. The van der Waals surface area contributed by atoms with E-state index < -0.39 is 0 Å². The summed E-state index contributed by atoms with van der Waals surface area (Å²) >= 11 is 0. The molecule has 2 nitrogen and oxygen atoms in total. The maximum absolute atomic E-state index is 4.85. The fourth-order valence-electron chi connectivity index (χ4n) is 7.64. The van der Waals surface area contributed by atoms with Gasteiger partial charge in [-0.25, -0.2) is 0 Å². The number of fused-ring (bicyclic) bond motifs is 3. The van der Waals surface area contributed by atoms with Gasteiger partial charge in [-0.1, -0.05) is 158 Å². The molecule has 3 aromatic carbocycles. The Morgan fingerprint density at radius 1 is 0.622 bits per heavy atom. The summed E-state index contributed by atoms with van der Waals surface area (Å²) in [7, 11) is 0. The average Bonchev–Trinajstić information content (AvgIpc) is 3.35. The van der Waals surface area contributed by atoms with Gasteiger partial charge < -0.3 is 0 Å². The first-order valence-electron chi connectivity index (χ1n) is 18.0. The van der Waals surface area contributed by atoms with Crippen molar-refractivity contribution in [3.05, 3.63) is 119 Å². The predicted octanol–water partition coefficient (Wildman–Crippen LogP) is 12.8. The highest BCUT2D eigenvalue weighted by Crippen LogP contribution is 2.58. The number of aliphatic imine (C=N–C) groups is 2. The first kappa shape index (κ1) is 32.9. The Bertz CT molecular complexity index is 1410. The van der Waals surface area contributed by atoms with Crippen molar-refractivity contribution >= 4 is 23.8 Å². The van der Waals surface area contributed by atoms with Crippen molar-refractivity contribution in [1.29, 1.82) is 0 Å². The van der Waals surface area contributed by atoms with E-state index in [1.165, 1.54) is 107 Å². The van der Waals surface area contributed by atoms with Gasteiger partial charge in [-0.3, -0.25) is 9.98 Å². The SMILES string of the molecule is CCCCCCCCC1(CCCCCCCC)c2cc(/C=N/c3ccccc3)ccc2C2C=CC(/C=N/c3ccccc3)=CC21. The zero-order chi connectivity index (χ0) is 31.2. The van der Waals surface area contributed by atoms with E-state index in [0.717, 1.165) is 11.4 Å². The molecule has 0 N–H and O–H groups in total. The Morgan fingerprint density at radius 3 is 1.78 bits per heavy atom. The second-order valence-electron chi connectivity index (χ2n) is 13.3. The number of para-hydroxylation sites is 2. The van der Waals surface area contributed by atoms with E-state index in [2.05, 4.69) is 123 Å². The number of rotatable bonds is 18. The van der Waals surface area contributed by atoms with E-state index in [-0.39, 0.29) is 5.41 Å². The molecule has 0 saturated heterocycles. The molecular formula is C43H54N2. The van der Waals surface area contributed by atoms with E-state index in [0.29, 0.717) is 11.8 Å². The molecule has 0 saturated carbocycles. The molecule has 2 heteroatoms. The van der Waals surface area contributed by atoms with Crippen LogP contribution in [0.15, 0.2) is 113 Å². The van der Waals surface area contributed by atoms with Crippen LogP contribution in [0, 0.1) is 5.92 Å². The fourth-order valence-corrected chi connectivity index (χ4v) is 7.64. The number of benzene rings is 3. The van der Waals surface area contributed by atoms with Crippen LogP contribution in [0.2, 0.25) is 0 Å². The first-order chi connectivity index (χ1) is 22.2. The number of hydrogen-bond donors (Lipinski definition) is 0. The van der Waals surface area contributed by atoms with Gasteiger partial charge in [-0.05, 0) is 71.4 Å². The normalized spacial score (nSPS) is 18.4. The lowest BCUT2D eigenvalue weighted by Gasteiger charge is -2.38. The first-order valence-corrected chi connectivity index (χ1v) is 18.0. The maximum Gasteiger partial charge on any atom is 0.0629 e. The quantitative estimate of drug-likeness (QED) is 0.103. The Morgan fingerprint density at radius 2 is 1.18 bits per heavy atom. The van der Waals surface area contributed by atoms with Crippen molar-refractivity contribution in [3.8, 4) is 0 Å². The van der Waals surface area contributed by atoms with Crippen LogP contribution in [0.5, 0.6) is 0 Å². The third kappa shape index (κ3) is 8.81. The van der Waals surface area contributed by atoms with Gasteiger partial charge in [0.05, 0.1) is 11.4 Å². The standard InChI is InChI=1S/C43H54N2/c1-3-5-7-9-11-19-29-43(30-20-12-10-8-6-4-2)41-31-35(33-44-37-21-15-13-16-22-37)25-27-39(41)40-28-26-36(32-42(40)43)34-45-38-23-17-14-18-24-38/h13-18,21-28,31-34,39,41H,3-12,19-20,29-30H2,1-2H3/b44-33+,45-34+. The molecule has 0 amide bonds. The summed E-state index contributed by atoms with van der Waals surface area (Å²) in [6, 6.07) is 27.9. The highest BCUT2D eigenvalue weighted by Gasteiger charge is 2.50. The van der Waals surface area contributed by atoms with Gasteiger partial charge in [-0.2, -0.15) is 0 Å². The number of allylic oxidation sites excluding steroid dienone is 4. The van der Waals surface area contributed by atoms with Crippen LogP contribution in [0.4, 0.5) is 11.4 Å². The summed E-state index contributed by atoms with van der Waals surface area (Å²) in [5, 5.41) is 0. The van der Waals surface area contributed by atoms with E-state index in [9.17, 15) is 0 Å². The van der Waals surface area contributed by atoms with Crippen molar-refractivity contribution < 1.29 is 0 Å². The van der Waals surface area contributed by atoms with E-state index in [1.807, 2.05) is 0 Å². The van der Waals surface area contributed by atoms with Crippen LogP contribution >= 0.6 is 0 Å². The largest absolute Gasteiger partial charge is 0.256 e. The maximum atomic E-state index is 4.85. The van der Waals surface area contributed by atoms with Gasteiger partial charge in [0.15, 0.2) is 0 Å². The van der Waals surface area contributed by atoms with Crippen LogP contribution in [0.1, 0.15) is 126 Å². The second kappa shape index (κ2) is 17.2. The fraction of sp³-hybridized carbons (Fsp3) is 0.442. The molecule has 3 aromatic rings. The molecule has 0 heterocycles. The summed E-state index contributed by atoms with van der Waals surface area (Å²) in [6.07, 6.45) is 30.1. The molecule has 236 valence electrons. The molecule has 2 unspecified atom stereocenters. The Hall–Kier alpha value is -3.52. The molecule has 2 atom stereocenters. The van der Waals surface area contributed by atoms with E-state index >= 15 is 0 Å². The van der Waals surface area contributed by atoms with Crippen LogP contribution < -0.4 is 0 Å². The van der Waals surface area contributed by atoms with Gasteiger partial charge in [0.1, 0.15) is 0 Å². The molecule has 45 heavy (non-hydrogen) atoms. The Labute approximate surface area is 273 Å². The summed E-state index contributed by atoms with van der Waals surface area (Å²) in [5.74, 6) is 0.886. The minimum absolute atomic E-state index is 0.142. The summed E-state index contributed by atoms with van der Waals surface area (Å²) < 4.78 is 0. The van der Waals surface area contributed by atoms with Gasteiger partial charge in [0, 0.05) is 23.8 Å². The van der Waals surface area contributed by atoms with Crippen molar-refractivity contribution in [2.24, 2.45) is 15.9 Å². The van der Waals surface area contributed by atoms with Crippen molar-refractivity contribution in [1.82, 2.24) is 0 Å². The monoisotopic (exact) mass is 598 g/mol. The zero-order valence-electron chi connectivity index (χ0n) is 27.8. The molecule has 0 fully saturated rings. The third-order valence-corrected chi connectivity index (χ3v) is 10.1. The summed E-state index contributed by atoms with van der Waals surface area (Å²) in [4.78, 5) is 9.70. The van der Waals surface area contributed by atoms with Crippen LogP contribution in [0.25, 0.3) is 0 Å². The third-order valence-electron chi connectivity index (χ3n) is 10.1. The molecule has 0 aromatic heterocycles. The molecule has 2 aliphatic carbocycles. The molecule has 0 radical (unpaired) electrons. The number of nitrogens with zero attached hydrogens (tertiary/aromatic N) is 2. The van der Waals surface area contributed by atoms with Crippen LogP contribution in [-0.4, -0.2) is 12.4 Å². The molecule has 0 spiro atoms. The number of unbranched alkanes of at least 4 members (excludes halogenated alkanes) is 10. The van der Waals surface area contributed by atoms with E-state index in [4.69, 9.17) is 9.98 Å². The molecule has 0 aliphatic heterocycles. The molecular weight excluding hydrogens is 544 g/mol. The number of hydrogen-bond acceptors (Lipinski definition) is 2. The van der Waals surface area contributed by atoms with Gasteiger partial charge in [-0.15, -0.1) is 0 Å². The zero-order valence-corrected chi connectivity index (χ0v) is 27.8. The summed E-state index contributed by atoms with van der Waals surface area (Å²) in [6.45, 7) is 4.62. The predicted molar refractivity (Wildman–Crippen MR) is 196 cm³/mol. The Balaban J connectivity index is 1.48. The summed E-state index contributed by atoms with van der Waals surface area (Å²) in [5.41, 5.74) is 7.73. The second-order valence-corrected chi connectivity index (χ2v) is 13.3. The lowest BCUT2D eigenvalue weighted by Crippen LogP contribution is -2.33. The molecule has 0 bridgehead atoms. The Kier molecular flexibility index (Phi) is 12.6. The van der Waals surface area contributed by atoms with Crippen molar-refractivity contribution in [3.63, 3.8) is 0 Å². The highest BCUT2D eigenvalue weighted by molar-refractivity contribution is 5.86. The minimum atomic E-state index is 0.142. The minimum Gasteiger partial charge on any atom is -0.256 e. The van der Waals surface area contributed by atoms with Crippen LogP contribution in [-0.2, 0) is 5.41 Å². The lowest BCUT2D eigenvalue weighted by molar-refractivity contribution is 0.263. The van der Waals surface area contributed by atoms with Gasteiger partial charge >= 0.3 is 0 Å². The van der Waals surface area contributed by atoms with Gasteiger partial charge in [0.2, 0.25) is 0 Å². The van der Waals surface area contributed by atoms with Gasteiger partial charge in [0.25, 0.3) is 0 Å². The van der Waals surface area contributed by atoms with Crippen molar-refractivity contribution in [2.75, 3.05) is 0 Å².